The highest BCUT2D eigenvalue weighted by Gasteiger charge is 2.10. The smallest absolute Gasteiger partial charge is 0.344 e. The lowest BCUT2D eigenvalue weighted by atomic mass is 10.1. The minimum atomic E-state index is -0.565. The fraction of sp³-hybridized carbons (Fsp3) is 0.263. The third-order valence-corrected chi connectivity index (χ3v) is 3.29. The van der Waals surface area contributed by atoms with E-state index in [2.05, 4.69) is 0 Å². The van der Waals surface area contributed by atoms with Gasteiger partial charge in [-0.05, 0) is 44.0 Å². The minimum absolute atomic E-state index is 0.218. The molecular formula is C19H20O4. The van der Waals surface area contributed by atoms with Crippen molar-refractivity contribution in [1.82, 2.24) is 0 Å². The predicted molar refractivity (Wildman–Crippen MR) is 87.9 cm³/mol. The number of benzene rings is 2. The Kier molecular flexibility index (Phi) is 5.52. The lowest BCUT2D eigenvalue weighted by Crippen LogP contribution is -2.19. The highest BCUT2D eigenvalue weighted by molar-refractivity contribution is 5.98. The molecule has 0 saturated heterocycles. The van der Waals surface area contributed by atoms with Crippen LogP contribution in [0.4, 0.5) is 0 Å². The van der Waals surface area contributed by atoms with Crippen LogP contribution in [0.5, 0.6) is 5.75 Å². The molecule has 0 amide bonds. The molecule has 0 unspecified atom stereocenters. The number of hydrogen-bond acceptors (Lipinski definition) is 4. The van der Waals surface area contributed by atoms with E-state index in [4.69, 9.17) is 9.47 Å². The van der Waals surface area contributed by atoms with Crippen molar-refractivity contribution in [3.8, 4) is 5.75 Å². The summed E-state index contributed by atoms with van der Waals surface area (Å²) in [5.74, 6) is -0.182. The van der Waals surface area contributed by atoms with Crippen LogP contribution in [-0.2, 0) is 9.53 Å². The van der Waals surface area contributed by atoms with Crippen LogP contribution in [0, 0.1) is 20.8 Å². The average Bonchev–Trinajstić information content (AvgIpc) is 2.50. The van der Waals surface area contributed by atoms with Gasteiger partial charge >= 0.3 is 5.97 Å². The summed E-state index contributed by atoms with van der Waals surface area (Å²) in [5, 5.41) is 0. The van der Waals surface area contributed by atoms with E-state index < -0.39 is 5.97 Å². The van der Waals surface area contributed by atoms with E-state index in [0.717, 1.165) is 16.7 Å². The molecule has 4 heteroatoms. The van der Waals surface area contributed by atoms with Gasteiger partial charge in [0.2, 0.25) is 0 Å². The molecule has 0 N–H and O–H groups in total. The molecule has 0 radical (unpaired) electrons. The van der Waals surface area contributed by atoms with Crippen LogP contribution >= 0.6 is 0 Å². The summed E-state index contributed by atoms with van der Waals surface area (Å²) in [4.78, 5) is 23.6. The van der Waals surface area contributed by atoms with Gasteiger partial charge in [-0.1, -0.05) is 35.9 Å². The van der Waals surface area contributed by atoms with Gasteiger partial charge in [-0.3, -0.25) is 4.79 Å². The maximum Gasteiger partial charge on any atom is 0.344 e. The van der Waals surface area contributed by atoms with Crippen molar-refractivity contribution >= 4 is 11.8 Å². The van der Waals surface area contributed by atoms with E-state index in [1.54, 1.807) is 12.1 Å². The summed E-state index contributed by atoms with van der Waals surface area (Å²) in [6.07, 6.45) is 0. The van der Waals surface area contributed by atoms with Gasteiger partial charge in [0.1, 0.15) is 5.75 Å². The Morgan fingerprint density at radius 2 is 1.43 bits per heavy atom. The van der Waals surface area contributed by atoms with Crippen molar-refractivity contribution < 1.29 is 19.1 Å². The summed E-state index contributed by atoms with van der Waals surface area (Å²) in [6.45, 7) is 5.36. The number of carbonyl (C=O) groups excluding carboxylic acids is 2. The van der Waals surface area contributed by atoms with Gasteiger partial charge in [0.05, 0.1) is 0 Å². The highest BCUT2D eigenvalue weighted by Crippen LogP contribution is 2.16. The second kappa shape index (κ2) is 7.58. The molecule has 0 heterocycles. The maximum atomic E-state index is 11.9. The van der Waals surface area contributed by atoms with Crippen LogP contribution in [0.15, 0.2) is 42.5 Å². The third kappa shape index (κ3) is 5.25. The van der Waals surface area contributed by atoms with Crippen molar-refractivity contribution in [2.45, 2.75) is 20.8 Å². The van der Waals surface area contributed by atoms with Crippen LogP contribution in [-0.4, -0.2) is 25.0 Å². The number of aryl methyl sites for hydroxylation is 3. The molecule has 2 rings (SSSR count). The first-order valence-corrected chi connectivity index (χ1v) is 7.40. The van der Waals surface area contributed by atoms with E-state index in [1.165, 1.54) is 0 Å². The largest absolute Gasteiger partial charge is 0.482 e. The highest BCUT2D eigenvalue weighted by atomic mass is 16.6. The van der Waals surface area contributed by atoms with E-state index in [0.29, 0.717) is 11.3 Å². The number of carbonyl (C=O) groups is 2. The molecule has 0 spiro atoms. The van der Waals surface area contributed by atoms with Crippen LogP contribution in [0.3, 0.4) is 0 Å². The Hall–Kier alpha value is -2.62. The van der Waals surface area contributed by atoms with Gasteiger partial charge in [-0.2, -0.15) is 0 Å². The van der Waals surface area contributed by atoms with Crippen LogP contribution in [0.25, 0.3) is 0 Å². The standard InChI is InChI=1S/C19H20O4/c1-13-4-6-16(7-5-13)18(20)11-23-19(21)12-22-17-9-14(2)8-15(3)10-17/h4-10H,11-12H2,1-3H3. The molecule has 23 heavy (non-hydrogen) atoms. The SMILES string of the molecule is Cc1ccc(C(=O)COC(=O)COc2cc(C)cc(C)c2)cc1. The first-order chi connectivity index (χ1) is 10.9. The summed E-state index contributed by atoms with van der Waals surface area (Å²) in [5.41, 5.74) is 3.71. The number of ether oxygens (including phenoxy) is 2. The lowest BCUT2D eigenvalue weighted by Gasteiger charge is -2.08. The monoisotopic (exact) mass is 312 g/mol. The number of esters is 1. The first-order valence-electron chi connectivity index (χ1n) is 7.40. The Labute approximate surface area is 136 Å². The molecule has 0 aromatic heterocycles. The molecule has 0 aliphatic carbocycles. The zero-order valence-electron chi connectivity index (χ0n) is 13.6. The summed E-state index contributed by atoms with van der Waals surface area (Å²) < 4.78 is 10.4. The Balaban J connectivity index is 1.80. The van der Waals surface area contributed by atoms with Gasteiger partial charge in [0.15, 0.2) is 19.0 Å². The molecule has 0 atom stereocenters. The zero-order chi connectivity index (χ0) is 16.8. The molecule has 2 aromatic carbocycles. The number of ketones is 1. The molecule has 0 saturated carbocycles. The van der Waals surface area contributed by atoms with Crippen molar-refractivity contribution in [2.24, 2.45) is 0 Å². The van der Waals surface area contributed by atoms with Gasteiger partial charge in [0.25, 0.3) is 0 Å². The van der Waals surface area contributed by atoms with Gasteiger partial charge < -0.3 is 9.47 Å². The fourth-order valence-electron chi connectivity index (χ4n) is 2.17. The van der Waals surface area contributed by atoms with E-state index in [1.807, 2.05) is 51.1 Å². The molecule has 0 fully saturated rings. The minimum Gasteiger partial charge on any atom is -0.482 e. The molecule has 2 aromatic rings. The van der Waals surface area contributed by atoms with Crippen molar-refractivity contribution in [2.75, 3.05) is 13.2 Å². The zero-order valence-corrected chi connectivity index (χ0v) is 13.6. The van der Waals surface area contributed by atoms with Crippen molar-refractivity contribution in [1.29, 1.82) is 0 Å². The van der Waals surface area contributed by atoms with Crippen molar-refractivity contribution in [3.05, 3.63) is 64.7 Å². The van der Waals surface area contributed by atoms with Crippen LogP contribution in [0.1, 0.15) is 27.0 Å². The topological polar surface area (TPSA) is 52.6 Å². The quantitative estimate of drug-likeness (QED) is 0.606. The molecule has 0 aliphatic heterocycles. The second-order valence-corrected chi connectivity index (χ2v) is 5.56. The molecular weight excluding hydrogens is 292 g/mol. The predicted octanol–water partition coefficient (Wildman–Crippen LogP) is 3.42. The lowest BCUT2D eigenvalue weighted by molar-refractivity contribution is -0.144. The number of hydrogen-bond donors (Lipinski definition) is 0. The van der Waals surface area contributed by atoms with E-state index >= 15 is 0 Å². The summed E-state index contributed by atoms with van der Waals surface area (Å²) in [6, 6.07) is 12.8. The second-order valence-electron chi connectivity index (χ2n) is 5.56. The van der Waals surface area contributed by atoms with Gasteiger partial charge in [0, 0.05) is 5.56 Å². The van der Waals surface area contributed by atoms with Gasteiger partial charge in [-0.25, -0.2) is 4.79 Å². The summed E-state index contributed by atoms with van der Waals surface area (Å²) >= 11 is 0. The maximum absolute atomic E-state index is 11.9. The van der Waals surface area contributed by atoms with Crippen LogP contribution < -0.4 is 4.74 Å². The molecule has 4 nitrogen and oxygen atoms in total. The Morgan fingerprint density at radius 3 is 2.04 bits per heavy atom. The number of rotatable bonds is 6. The van der Waals surface area contributed by atoms with Crippen molar-refractivity contribution in [3.63, 3.8) is 0 Å². The Morgan fingerprint density at radius 1 is 0.826 bits per heavy atom. The van der Waals surface area contributed by atoms with Crippen LogP contribution in [0.2, 0.25) is 0 Å². The molecule has 0 aliphatic rings. The van der Waals surface area contributed by atoms with E-state index in [9.17, 15) is 9.59 Å². The number of Topliss-reactive ketones (excluding diaryl/α,β-unsaturated/α-hetero) is 1. The average molecular weight is 312 g/mol. The molecule has 120 valence electrons. The fourth-order valence-corrected chi connectivity index (χ4v) is 2.17. The normalized spacial score (nSPS) is 10.2. The van der Waals surface area contributed by atoms with E-state index in [-0.39, 0.29) is 19.0 Å². The Bertz CT molecular complexity index is 682. The van der Waals surface area contributed by atoms with Gasteiger partial charge in [-0.15, -0.1) is 0 Å². The molecule has 0 bridgehead atoms. The third-order valence-electron chi connectivity index (χ3n) is 3.29. The first kappa shape index (κ1) is 16.7. The summed E-state index contributed by atoms with van der Waals surface area (Å²) in [7, 11) is 0.